The van der Waals surface area contributed by atoms with E-state index in [0.717, 1.165) is 32.7 Å². The van der Waals surface area contributed by atoms with E-state index in [4.69, 9.17) is 12.6 Å². The highest BCUT2D eigenvalue weighted by molar-refractivity contribution is 7.99. The van der Waals surface area contributed by atoms with Crippen molar-refractivity contribution in [3.05, 3.63) is 91.0 Å². The second-order valence-electron chi connectivity index (χ2n) is 6.61. The Bertz CT molecular complexity index is 1140. The van der Waals surface area contributed by atoms with Crippen molar-refractivity contribution in [2.24, 2.45) is 0 Å². The van der Waals surface area contributed by atoms with E-state index in [1.807, 2.05) is 42.5 Å². The van der Waals surface area contributed by atoms with Crippen LogP contribution in [-0.2, 0) is 0 Å². The third kappa shape index (κ3) is 3.27. The maximum atomic E-state index is 6.28. The molecular formula is C24H16BNOS. The smallest absolute Gasteiger partial charge is 0.141 e. The Labute approximate surface area is 170 Å². The molecule has 0 spiro atoms. The van der Waals surface area contributed by atoms with Gasteiger partial charge in [0.05, 0.1) is 9.79 Å². The van der Waals surface area contributed by atoms with E-state index in [1.165, 1.54) is 11.1 Å². The van der Waals surface area contributed by atoms with Gasteiger partial charge in [-0.25, -0.2) is 0 Å². The zero-order valence-corrected chi connectivity index (χ0v) is 15.9. The molecule has 1 aliphatic heterocycles. The van der Waals surface area contributed by atoms with E-state index in [9.17, 15) is 0 Å². The SMILES string of the molecule is [B]c1cc2c(cc1Nc1ccc(-c3ccccc3)cc1)Sc1ccccc1O2. The fraction of sp³-hybridized carbons (Fsp3) is 0. The molecular weight excluding hydrogens is 361 g/mol. The van der Waals surface area contributed by atoms with Gasteiger partial charge in [-0.05, 0) is 47.5 Å². The van der Waals surface area contributed by atoms with Gasteiger partial charge in [0.25, 0.3) is 0 Å². The molecule has 0 saturated carbocycles. The van der Waals surface area contributed by atoms with Gasteiger partial charge in [0.1, 0.15) is 19.3 Å². The molecule has 2 nitrogen and oxygen atoms in total. The first-order chi connectivity index (χ1) is 13.8. The van der Waals surface area contributed by atoms with Crippen LogP contribution in [0, 0.1) is 0 Å². The molecule has 0 aromatic heterocycles. The van der Waals surface area contributed by atoms with E-state index in [2.05, 4.69) is 53.8 Å². The average Bonchev–Trinajstić information content (AvgIpc) is 2.74. The maximum Gasteiger partial charge on any atom is 0.141 e. The molecule has 1 heterocycles. The Morgan fingerprint density at radius 3 is 2.21 bits per heavy atom. The molecule has 4 aromatic carbocycles. The Kier molecular flexibility index (Phi) is 4.34. The van der Waals surface area contributed by atoms with Crippen molar-refractivity contribution < 1.29 is 4.74 Å². The molecule has 1 N–H and O–H groups in total. The molecule has 28 heavy (non-hydrogen) atoms. The fourth-order valence-electron chi connectivity index (χ4n) is 3.23. The van der Waals surface area contributed by atoms with E-state index in [0.29, 0.717) is 5.46 Å². The first-order valence-corrected chi connectivity index (χ1v) is 9.89. The highest BCUT2D eigenvalue weighted by atomic mass is 32.2. The van der Waals surface area contributed by atoms with Gasteiger partial charge in [0.15, 0.2) is 0 Å². The van der Waals surface area contributed by atoms with Crippen LogP contribution in [0.3, 0.4) is 0 Å². The molecule has 0 amide bonds. The molecule has 5 rings (SSSR count). The second-order valence-corrected chi connectivity index (χ2v) is 7.69. The van der Waals surface area contributed by atoms with Crippen molar-refractivity contribution >= 4 is 36.4 Å². The van der Waals surface area contributed by atoms with Crippen molar-refractivity contribution in [3.8, 4) is 22.6 Å². The lowest BCUT2D eigenvalue weighted by Gasteiger charge is -2.22. The van der Waals surface area contributed by atoms with Crippen LogP contribution < -0.4 is 15.5 Å². The van der Waals surface area contributed by atoms with Gasteiger partial charge in [-0.3, -0.25) is 0 Å². The first-order valence-electron chi connectivity index (χ1n) is 9.07. The Hall–Kier alpha value is -3.11. The minimum absolute atomic E-state index is 0.658. The van der Waals surface area contributed by atoms with Crippen LogP contribution in [0.15, 0.2) is 101 Å². The van der Waals surface area contributed by atoms with Gasteiger partial charge in [0.2, 0.25) is 0 Å². The van der Waals surface area contributed by atoms with Gasteiger partial charge in [0, 0.05) is 11.4 Å². The van der Waals surface area contributed by atoms with Crippen molar-refractivity contribution in [2.75, 3.05) is 5.32 Å². The normalized spacial score (nSPS) is 11.9. The lowest BCUT2D eigenvalue weighted by Crippen LogP contribution is -2.11. The van der Waals surface area contributed by atoms with Crippen LogP contribution in [0.25, 0.3) is 11.1 Å². The highest BCUT2D eigenvalue weighted by Crippen LogP contribution is 2.47. The summed E-state index contributed by atoms with van der Waals surface area (Å²) in [5, 5.41) is 3.43. The van der Waals surface area contributed by atoms with Crippen LogP contribution in [0.5, 0.6) is 11.5 Å². The Morgan fingerprint density at radius 2 is 1.39 bits per heavy atom. The van der Waals surface area contributed by atoms with Crippen molar-refractivity contribution in [1.29, 1.82) is 0 Å². The summed E-state index contributed by atoms with van der Waals surface area (Å²) < 4.78 is 6.00. The molecule has 4 heteroatoms. The quantitative estimate of drug-likeness (QED) is 0.381. The standard InChI is InChI=1S/C24H16BNOS/c25-19-14-22-24(28-23-9-5-4-8-21(23)27-22)15-20(19)26-18-12-10-17(11-13-18)16-6-2-1-3-7-16/h1-15,26H. The van der Waals surface area contributed by atoms with Crippen LogP contribution >= 0.6 is 11.8 Å². The summed E-state index contributed by atoms with van der Waals surface area (Å²) in [6, 6.07) is 30.7. The number of hydrogen-bond donors (Lipinski definition) is 1. The Morgan fingerprint density at radius 1 is 0.679 bits per heavy atom. The molecule has 2 radical (unpaired) electrons. The lowest BCUT2D eigenvalue weighted by atomic mass is 9.93. The summed E-state index contributed by atoms with van der Waals surface area (Å²) >= 11 is 1.70. The number of rotatable bonds is 3. The van der Waals surface area contributed by atoms with E-state index >= 15 is 0 Å². The predicted molar refractivity (Wildman–Crippen MR) is 118 cm³/mol. The largest absolute Gasteiger partial charge is 0.455 e. The summed E-state index contributed by atoms with van der Waals surface area (Å²) in [5.74, 6) is 1.67. The van der Waals surface area contributed by atoms with E-state index in [-0.39, 0.29) is 0 Å². The molecule has 1 aliphatic rings. The molecule has 0 unspecified atom stereocenters. The third-order valence-corrected chi connectivity index (χ3v) is 5.77. The average molecular weight is 377 g/mol. The molecule has 0 atom stereocenters. The number of fused-ring (bicyclic) bond motifs is 2. The third-order valence-electron chi connectivity index (χ3n) is 4.68. The number of anilines is 2. The summed E-state index contributed by atoms with van der Waals surface area (Å²) in [6.07, 6.45) is 0. The predicted octanol–water partition coefficient (Wildman–Crippen LogP) is 6.15. The van der Waals surface area contributed by atoms with Crippen molar-refractivity contribution in [3.63, 3.8) is 0 Å². The van der Waals surface area contributed by atoms with Crippen molar-refractivity contribution in [1.82, 2.24) is 0 Å². The van der Waals surface area contributed by atoms with Gasteiger partial charge < -0.3 is 10.1 Å². The molecule has 0 bridgehead atoms. The number of para-hydroxylation sites is 1. The summed E-state index contributed by atoms with van der Waals surface area (Å²) in [4.78, 5) is 2.16. The number of hydrogen-bond acceptors (Lipinski definition) is 3. The number of ether oxygens (including phenoxy) is 1. The van der Waals surface area contributed by atoms with Gasteiger partial charge in [-0.15, -0.1) is 0 Å². The molecule has 0 saturated heterocycles. The monoisotopic (exact) mass is 377 g/mol. The Balaban J connectivity index is 1.40. The summed E-state index contributed by atoms with van der Waals surface area (Å²) in [6.45, 7) is 0. The van der Waals surface area contributed by atoms with Crippen LogP contribution in [-0.4, -0.2) is 7.85 Å². The minimum Gasteiger partial charge on any atom is -0.455 e. The first kappa shape index (κ1) is 17.0. The maximum absolute atomic E-state index is 6.28. The lowest BCUT2D eigenvalue weighted by molar-refractivity contribution is 0.455. The zero-order chi connectivity index (χ0) is 18.9. The minimum atomic E-state index is 0.658. The summed E-state index contributed by atoms with van der Waals surface area (Å²) in [5.41, 5.74) is 4.92. The molecule has 4 aromatic rings. The second kappa shape index (κ2) is 7.14. The van der Waals surface area contributed by atoms with Gasteiger partial charge in [-0.1, -0.05) is 71.8 Å². The van der Waals surface area contributed by atoms with Crippen LogP contribution in [0.2, 0.25) is 0 Å². The van der Waals surface area contributed by atoms with E-state index in [1.54, 1.807) is 11.8 Å². The molecule has 132 valence electrons. The zero-order valence-electron chi connectivity index (χ0n) is 15.1. The molecule has 0 aliphatic carbocycles. The summed E-state index contributed by atoms with van der Waals surface area (Å²) in [7, 11) is 6.28. The topological polar surface area (TPSA) is 21.3 Å². The number of benzene rings is 4. The van der Waals surface area contributed by atoms with Crippen LogP contribution in [0.1, 0.15) is 0 Å². The van der Waals surface area contributed by atoms with Crippen molar-refractivity contribution in [2.45, 2.75) is 9.79 Å². The fourth-order valence-corrected chi connectivity index (χ4v) is 4.20. The molecule has 0 fully saturated rings. The van der Waals surface area contributed by atoms with Gasteiger partial charge >= 0.3 is 0 Å². The number of nitrogens with one attached hydrogen (secondary N) is 1. The highest BCUT2D eigenvalue weighted by Gasteiger charge is 2.18. The van der Waals surface area contributed by atoms with Gasteiger partial charge in [-0.2, -0.15) is 0 Å². The van der Waals surface area contributed by atoms with E-state index < -0.39 is 0 Å². The van der Waals surface area contributed by atoms with Crippen LogP contribution in [0.4, 0.5) is 11.4 Å².